The Morgan fingerprint density at radius 3 is 2.45 bits per heavy atom. The monoisotopic (exact) mass is 274 g/mol. The van der Waals surface area contributed by atoms with Crippen molar-refractivity contribution in [2.24, 2.45) is 5.92 Å². The van der Waals surface area contributed by atoms with Crippen molar-refractivity contribution in [3.8, 4) is 0 Å². The van der Waals surface area contributed by atoms with Crippen LogP contribution >= 0.6 is 0 Å². The van der Waals surface area contributed by atoms with Gasteiger partial charge in [0.15, 0.2) is 0 Å². The summed E-state index contributed by atoms with van der Waals surface area (Å²) in [7, 11) is 0. The summed E-state index contributed by atoms with van der Waals surface area (Å²) >= 11 is 0. The lowest BCUT2D eigenvalue weighted by molar-refractivity contribution is 0.277. The highest BCUT2D eigenvalue weighted by atomic mass is 15.3. The van der Waals surface area contributed by atoms with E-state index in [0.29, 0.717) is 12.0 Å². The van der Waals surface area contributed by atoms with Crippen molar-refractivity contribution in [2.45, 2.75) is 59.0 Å². The summed E-state index contributed by atoms with van der Waals surface area (Å²) in [6.07, 6.45) is 2.40. The zero-order chi connectivity index (χ0) is 14.8. The highest BCUT2D eigenvalue weighted by Crippen LogP contribution is 2.27. The third-order valence-corrected chi connectivity index (χ3v) is 4.33. The Balaban J connectivity index is 2.21. The van der Waals surface area contributed by atoms with Gasteiger partial charge in [-0.2, -0.15) is 0 Å². The van der Waals surface area contributed by atoms with Crippen molar-refractivity contribution in [3.05, 3.63) is 29.8 Å². The minimum Gasteiger partial charge on any atom is -0.365 e. The largest absolute Gasteiger partial charge is 0.365 e. The highest BCUT2D eigenvalue weighted by Gasteiger charge is 2.33. The summed E-state index contributed by atoms with van der Waals surface area (Å²) in [6, 6.07) is 9.79. The van der Waals surface area contributed by atoms with Gasteiger partial charge in [-0.1, -0.05) is 39.3 Å². The highest BCUT2D eigenvalue weighted by molar-refractivity contribution is 5.50. The van der Waals surface area contributed by atoms with Crippen LogP contribution in [0.1, 0.15) is 46.6 Å². The first-order valence-corrected chi connectivity index (χ1v) is 8.03. The van der Waals surface area contributed by atoms with Crippen molar-refractivity contribution >= 4 is 5.69 Å². The number of nitrogens with one attached hydrogen (secondary N) is 1. The number of rotatable bonds is 4. The molecule has 0 aliphatic carbocycles. The lowest BCUT2D eigenvalue weighted by atomic mass is 9.92. The fourth-order valence-electron chi connectivity index (χ4n) is 3.11. The molecule has 1 atom stereocenters. The van der Waals surface area contributed by atoms with E-state index < -0.39 is 0 Å². The van der Waals surface area contributed by atoms with Crippen LogP contribution in [-0.2, 0) is 6.42 Å². The molecule has 0 bridgehead atoms. The van der Waals surface area contributed by atoms with Gasteiger partial charge < -0.3 is 10.2 Å². The van der Waals surface area contributed by atoms with Gasteiger partial charge in [0.05, 0.1) is 0 Å². The first kappa shape index (κ1) is 15.4. The molecule has 1 aromatic rings. The molecule has 0 spiro atoms. The summed E-state index contributed by atoms with van der Waals surface area (Å²) < 4.78 is 0. The topological polar surface area (TPSA) is 15.3 Å². The summed E-state index contributed by atoms with van der Waals surface area (Å²) in [5.41, 5.74) is 3.01. The van der Waals surface area contributed by atoms with E-state index in [0.717, 1.165) is 13.1 Å². The van der Waals surface area contributed by atoms with Crippen molar-refractivity contribution in [2.75, 3.05) is 18.0 Å². The molecular weight excluding hydrogens is 244 g/mol. The van der Waals surface area contributed by atoms with Gasteiger partial charge >= 0.3 is 0 Å². The van der Waals surface area contributed by atoms with Crippen LogP contribution in [0.25, 0.3) is 0 Å². The van der Waals surface area contributed by atoms with Gasteiger partial charge in [-0.3, -0.25) is 0 Å². The van der Waals surface area contributed by atoms with Crippen LogP contribution in [0.5, 0.6) is 0 Å². The van der Waals surface area contributed by atoms with E-state index in [9.17, 15) is 0 Å². The third-order valence-electron chi connectivity index (χ3n) is 4.33. The molecule has 2 nitrogen and oxygen atoms in total. The van der Waals surface area contributed by atoms with E-state index in [-0.39, 0.29) is 5.54 Å². The average molecular weight is 274 g/mol. The minimum atomic E-state index is 0.188. The molecule has 2 heteroatoms. The molecule has 1 aromatic carbocycles. The number of aryl methyl sites for hydroxylation is 1. The fraction of sp³-hybridized carbons (Fsp3) is 0.667. The van der Waals surface area contributed by atoms with E-state index in [1.165, 1.54) is 24.1 Å². The maximum Gasteiger partial charge on any atom is 0.0438 e. The normalized spacial score (nSPS) is 22.3. The molecule has 1 heterocycles. The van der Waals surface area contributed by atoms with Gasteiger partial charge in [-0.05, 0) is 43.9 Å². The van der Waals surface area contributed by atoms with Gasteiger partial charge in [-0.15, -0.1) is 0 Å². The van der Waals surface area contributed by atoms with Gasteiger partial charge in [0, 0.05) is 30.4 Å². The molecule has 0 saturated carbocycles. The van der Waals surface area contributed by atoms with Crippen molar-refractivity contribution in [1.82, 2.24) is 5.32 Å². The third kappa shape index (κ3) is 3.54. The lowest BCUT2D eigenvalue weighted by Crippen LogP contribution is -2.63. The van der Waals surface area contributed by atoms with Gasteiger partial charge in [0.1, 0.15) is 0 Å². The number of anilines is 1. The lowest BCUT2D eigenvalue weighted by Gasteiger charge is -2.47. The molecule has 1 N–H and O–H groups in total. The SMILES string of the molecule is CCCc1ccc(N2CC(C)(C)NCC2C(C)C)cc1. The first-order chi connectivity index (χ1) is 9.43. The Labute approximate surface area is 124 Å². The molecule has 1 fully saturated rings. The quantitative estimate of drug-likeness (QED) is 0.897. The molecule has 0 aromatic heterocycles. The summed E-state index contributed by atoms with van der Waals surface area (Å²) in [5, 5.41) is 3.68. The number of hydrogen-bond donors (Lipinski definition) is 1. The average Bonchev–Trinajstić information content (AvgIpc) is 2.38. The Hall–Kier alpha value is -1.02. The number of piperazine rings is 1. The molecule has 1 aliphatic rings. The number of hydrogen-bond acceptors (Lipinski definition) is 2. The van der Waals surface area contributed by atoms with E-state index in [4.69, 9.17) is 0 Å². The molecule has 2 rings (SSSR count). The Kier molecular flexibility index (Phi) is 4.74. The second kappa shape index (κ2) is 6.17. The predicted octanol–water partition coefficient (Wildman–Crippen LogP) is 3.85. The maximum atomic E-state index is 3.68. The molecule has 20 heavy (non-hydrogen) atoms. The van der Waals surface area contributed by atoms with Crippen LogP contribution in [0.3, 0.4) is 0 Å². The zero-order valence-corrected chi connectivity index (χ0v) is 13.7. The zero-order valence-electron chi connectivity index (χ0n) is 13.7. The second-order valence-electron chi connectivity index (χ2n) is 7.12. The molecular formula is C18H30N2. The number of nitrogens with zero attached hydrogens (tertiary/aromatic N) is 1. The van der Waals surface area contributed by atoms with Crippen LogP contribution in [0.4, 0.5) is 5.69 Å². The Bertz CT molecular complexity index is 420. The predicted molar refractivity (Wildman–Crippen MR) is 88.5 cm³/mol. The van der Waals surface area contributed by atoms with Crippen molar-refractivity contribution in [3.63, 3.8) is 0 Å². The van der Waals surface area contributed by atoms with Crippen LogP contribution in [0.15, 0.2) is 24.3 Å². The van der Waals surface area contributed by atoms with E-state index in [1.807, 2.05) is 0 Å². The van der Waals surface area contributed by atoms with E-state index >= 15 is 0 Å². The second-order valence-corrected chi connectivity index (χ2v) is 7.12. The molecule has 0 amide bonds. The van der Waals surface area contributed by atoms with Gasteiger partial charge in [-0.25, -0.2) is 0 Å². The van der Waals surface area contributed by atoms with Crippen LogP contribution < -0.4 is 10.2 Å². The van der Waals surface area contributed by atoms with E-state index in [2.05, 4.69) is 69.1 Å². The van der Waals surface area contributed by atoms with Crippen LogP contribution in [0, 0.1) is 5.92 Å². The van der Waals surface area contributed by atoms with Crippen LogP contribution in [0.2, 0.25) is 0 Å². The summed E-state index contributed by atoms with van der Waals surface area (Å²) in [5.74, 6) is 0.661. The van der Waals surface area contributed by atoms with Gasteiger partial charge in [0.2, 0.25) is 0 Å². The Morgan fingerprint density at radius 2 is 1.90 bits per heavy atom. The standard InChI is InChI=1S/C18H30N2/c1-6-7-15-8-10-16(11-9-15)20-13-18(4,5)19-12-17(20)14(2)3/h8-11,14,17,19H,6-7,12-13H2,1-5H3. The smallest absolute Gasteiger partial charge is 0.0438 e. The van der Waals surface area contributed by atoms with Crippen molar-refractivity contribution in [1.29, 1.82) is 0 Å². The van der Waals surface area contributed by atoms with Crippen molar-refractivity contribution < 1.29 is 0 Å². The first-order valence-electron chi connectivity index (χ1n) is 8.03. The van der Waals surface area contributed by atoms with E-state index in [1.54, 1.807) is 0 Å². The molecule has 112 valence electrons. The molecule has 1 aliphatic heterocycles. The Morgan fingerprint density at radius 1 is 1.25 bits per heavy atom. The van der Waals surface area contributed by atoms with Gasteiger partial charge in [0.25, 0.3) is 0 Å². The number of benzene rings is 1. The molecule has 1 saturated heterocycles. The summed E-state index contributed by atoms with van der Waals surface area (Å²) in [6.45, 7) is 13.6. The minimum absolute atomic E-state index is 0.188. The molecule has 1 unspecified atom stereocenters. The maximum absolute atomic E-state index is 3.68. The summed E-state index contributed by atoms with van der Waals surface area (Å²) in [4.78, 5) is 2.59. The van der Waals surface area contributed by atoms with Crippen LogP contribution in [-0.4, -0.2) is 24.7 Å². The fourth-order valence-corrected chi connectivity index (χ4v) is 3.11. The molecule has 0 radical (unpaired) electrons.